The molecule has 1 aliphatic rings. The topological polar surface area (TPSA) is 87.7 Å². The van der Waals surface area contributed by atoms with E-state index in [4.69, 9.17) is 16.4 Å². The highest BCUT2D eigenvalue weighted by Crippen LogP contribution is 2.37. The van der Waals surface area contributed by atoms with Crippen LogP contribution in [0.3, 0.4) is 0 Å². The second-order valence-corrected chi connectivity index (χ2v) is 10.4. The van der Waals surface area contributed by atoms with Crippen molar-refractivity contribution in [1.29, 1.82) is 0 Å². The minimum Gasteiger partial charge on any atom is -0.350 e. The first-order valence-corrected chi connectivity index (χ1v) is 13.7. The second kappa shape index (κ2) is 12.7. The van der Waals surface area contributed by atoms with Crippen molar-refractivity contribution in [2.75, 3.05) is 13.1 Å². The highest BCUT2D eigenvalue weighted by atomic mass is 35.5. The molecule has 1 heterocycles. The van der Waals surface area contributed by atoms with Gasteiger partial charge < -0.3 is 9.74 Å². The van der Waals surface area contributed by atoms with Crippen molar-refractivity contribution in [2.24, 2.45) is 0 Å². The Kier molecular flexibility index (Phi) is 8.79. The monoisotopic (exact) mass is 607 g/mol. The van der Waals surface area contributed by atoms with Gasteiger partial charge in [-0.2, -0.15) is 0 Å². The van der Waals surface area contributed by atoms with E-state index in [1.807, 2.05) is 0 Å². The molecule has 5 rings (SSSR count). The van der Waals surface area contributed by atoms with Crippen molar-refractivity contribution in [2.45, 2.75) is 18.3 Å². The lowest BCUT2D eigenvalue weighted by molar-refractivity contribution is -0.162. The fourth-order valence-electron chi connectivity index (χ4n) is 5.06. The smallest absolute Gasteiger partial charge is 0.337 e. The second-order valence-electron chi connectivity index (χ2n) is 10.0. The molecule has 4 aromatic rings. The number of hydrogen-bond acceptors (Lipinski definition) is 5. The number of benzene rings is 4. The van der Waals surface area contributed by atoms with Crippen molar-refractivity contribution in [3.63, 3.8) is 0 Å². The van der Waals surface area contributed by atoms with Crippen LogP contribution in [0.1, 0.15) is 39.1 Å². The van der Waals surface area contributed by atoms with Gasteiger partial charge in [0.15, 0.2) is 0 Å². The van der Waals surface area contributed by atoms with E-state index < -0.39 is 28.9 Å². The molecule has 0 saturated carbocycles. The number of likely N-dealkylation sites (tertiary alicyclic amines) is 1. The first kappa shape index (κ1) is 29.8. The molecule has 1 fully saturated rings. The molecule has 7 nitrogen and oxygen atoms in total. The Hall–Kier alpha value is -4.67. The van der Waals surface area contributed by atoms with Crippen molar-refractivity contribution in [3.05, 3.63) is 130 Å². The fraction of sp³-hybridized carbons (Fsp3) is 0.156. The molecule has 220 valence electrons. The molecule has 2 N–H and O–H groups in total. The molecule has 0 aliphatic carbocycles. The van der Waals surface area contributed by atoms with Gasteiger partial charge in [0.05, 0.1) is 16.0 Å². The lowest BCUT2D eigenvalue weighted by atomic mass is 9.72. The van der Waals surface area contributed by atoms with Crippen LogP contribution in [0.15, 0.2) is 91.0 Å². The number of rotatable bonds is 7. The summed E-state index contributed by atoms with van der Waals surface area (Å²) in [6, 6.07) is 21.6. The maximum absolute atomic E-state index is 13.7. The number of nitrogens with zero attached hydrogens (tertiary/aromatic N) is 1. The molecular weight excluding hydrogens is 583 g/mol. The van der Waals surface area contributed by atoms with Crippen LogP contribution in [0.4, 0.5) is 13.2 Å². The summed E-state index contributed by atoms with van der Waals surface area (Å²) < 4.78 is 40.3. The van der Waals surface area contributed by atoms with E-state index in [0.717, 1.165) is 23.3 Å². The van der Waals surface area contributed by atoms with E-state index in [2.05, 4.69) is 11.0 Å². The molecule has 43 heavy (non-hydrogen) atoms. The van der Waals surface area contributed by atoms with E-state index >= 15 is 0 Å². The predicted octanol–water partition coefficient (Wildman–Crippen LogP) is 5.99. The number of piperidine rings is 1. The van der Waals surface area contributed by atoms with E-state index in [9.17, 15) is 27.6 Å². The maximum Gasteiger partial charge on any atom is 0.337 e. The zero-order valence-electron chi connectivity index (χ0n) is 22.6. The first-order valence-electron chi connectivity index (χ1n) is 13.3. The molecular formula is C32H25ClF3N3O4. The Morgan fingerprint density at radius 2 is 1.28 bits per heavy atom. The van der Waals surface area contributed by atoms with Crippen molar-refractivity contribution in [1.82, 2.24) is 15.9 Å². The van der Waals surface area contributed by atoms with Gasteiger partial charge in [-0.15, -0.1) is 0 Å². The molecule has 4 aromatic carbocycles. The predicted molar refractivity (Wildman–Crippen MR) is 153 cm³/mol. The normalized spacial score (nSPS) is 14.2. The summed E-state index contributed by atoms with van der Waals surface area (Å²) in [5.74, 6) is -3.18. The standard InChI is InChI=1S/C32H25ClF3N3O4/c33-28-19-26(36)13-14-27(28)29(40)37-38-43-31(42)32(23-7-11-25(35)12-8-23)15-17-39(18-16-32)30(41)22-3-1-20(2-4-22)21-5-9-24(34)10-6-21/h1-14,19,38H,15-18H2,(H,37,40). The van der Waals surface area contributed by atoms with Gasteiger partial charge in [-0.3, -0.25) is 15.0 Å². The summed E-state index contributed by atoms with van der Waals surface area (Å²) in [5.41, 5.74) is 5.61. The minimum absolute atomic E-state index is 0.0441. The van der Waals surface area contributed by atoms with Crippen molar-refractivity contribution in [3.8, 4) is 11.1 Å². The van der Waals surface area contributed by atoms with Crippen LogP contribution in [0, 0.1) is 17.5 Å². The SMILES string of the molecule is O=C(NNOC(=O)C1(c2ccc(F)cc2)CCN(C(=O)c2ccc(-c3ccc(F)cc3)cc2)CC1)c1ccc(F)cc1Cl. The third-order valence-electron chi connectivity index (χ3n) is 7.49. The van der Waals surface area contributed by atoms with Gasteiger partial charge in [-0.25, -0.2) is 18.0 Å². The Morgan fingerprint density at radius 3 is 1.86 bits per heavy atom. The molecule has 0 unspecified atom stereocenters. The third-order valence-corrected chi connectivity index (χ3v) is 7.80. The molecule has 11 heteroatoms. The van der Waals surface area contributed by atoms with Crippen LogP contribution in [0.25, 0.3) is 11.1 Å². The first-order chi connectivity index (χ1) is 20.7. The van der Waals surface area contributed by atoms with Crippen LogP contribution in [-0.4, -0.2) is 35.8 Å². The van der Waals surface area contributed by atoms with Gasteiger partial charge >= 0.3 is 5.97 Å². The lowest BCUT2D eigenvalue weighted by Crippen LogP contribution is -2.52. The minimum atomic E-state index is -1.25. The maximum atomic E-state index is 13.7. The summed E-state index contributed by atoms with van der Waals surface area (Å²) in [6.45, 7) is 0.394. The average molecular weight is 608 g/mol. The number of halogens is 4. The van der Waals surface area contributed by atoms with Crippen molar-refractivity contribution < 1.29 is 32.4 Å². The molecule has 0 radical (unpaired) electrons. The summed E-state index contributed by atoms with van der Waals surface area (Å²) in [4.78, 5) is 46.0. The number of amides is 2. The molecule has 0 spiro atoms. The number of carbonyl (C=O) groups is 3. The highest BCUT2D eigenvalue weighted by molar-refractivity contribution is 6.33. The van der Waals surface area contributed by atoms with Gasteiger partial charge in [0.2, 0.25) is 0 Å². The average Bonchev–Trinajstić information content (AvgIpc) is 3.01. The van der Waals surface area contributed by atoms with Gasteiger partial charge in [0.1, 0.15) is 17.5 Å². The van der Waals surface area contributed by atoms with E-state index in [0.29, 0.717) is 11.1 Å². The molecule has 1 saturated heterocycles. The van der Waals surface area contributed by atoms with Gasteiger partial charge in [0, 0.05) is 18.7 Å². The quantitative estimate of drug-likeness (QED) is 0.252. The summed E-state index contributed by atoms with van der Waals surface area (Å²) in [5, 5.41) is -0.129. The number of hydrazine groups is 1. The Bertz CT molecular complexity index is 1640. The summed E-state index contributed by atoms with van der Waals surface area (Å²) in [6.07, 6.45) is 0.326. The van der Waals surface area contributed by atoms with E-state index in [1.54, 1.807) is 41.3 Å². The molecule has 0 aromatic heterocycles. The molecule has 2 amide bonds. The Balaban J connectivity index is 1.26. The van der Waals surface area contributed by atoms with Crippen LogP contribution >= 0.6 is 11.6 Å². The number of hydrogen-bond donors (Lipinski definition) is 2. The van der Waals surface area contributed by atoms with Crippen LogP contribution < -0.4 is 11.0 Å². The van der Waals surface area contributed by atoms with Gasteiger partial charge in [-0.05, 0) is 84.1 Å². The number of nitrogens with one attached hydrogen (secondary N) is 2. The van der Waals surface area contributed by atoms with Gasteiger partial charge in [-0.1, -0.05) is 53.6 Å². The fourth-order valence-corrected chi connectivity index (χ4v) is 5.31. The summed E-state index contributed by atoms with van der Waals surface area (Å²) in [7, 11) is 0. The van der Waals surface area contributed by atoms with Gasteiger partial charge in [0.25, 0.3) is 11.8 Å². The molecule has 0 atom stereocenters. The zero-order valence-corrected chi connectivity index (χ0v) is 23.3. The van der Waals surface area contributed by atoms with E-state index in [-0.39, 0.29) is 48.2 Å². The number of carbonyl (C=O) groups excluding carboxylic acids is 3. The third kappa shape index (κ3) is 6.55. The highest BCUT2D eigenvalue weighted by Gasteiger charge is 2.45. The molecule has 0 bridgehead atoms. The largest absolute Gasteiger partial charge is 0.350 e. The van der Waals surface area contributed by atoms with Crippen LogP contribution in [0.2, 0.25) is 5.02 Å². The van der Waals surface area contributed by atoms with Crippen LogP contribution in [-0.2, 0) is 15.0 Å². The lowest BCUT2D eigenvalue weighted by Gasteiger charge is -2.40. The van der Waals surface area contributed by atoms with E-state index in [1.165, 1.54) is 42.5 Å². The Labute approximate surface area is 250 Å². The zero-order chi connectivity index (χ0) is 30.6. The molecule has 1 aliphatic heterocycles. The van der Waals surface area contributed by atoms with Crippen molar-refractivity contribution >= 4 is 29.4 Å². The summed E-state index contributed by atoms with van der Waals surface area (Å²) >= 11 is 5.92. The Morgan fingerprint density at radius 1 is 0.744 bits per heavy atom. The van der Waals surface area contributed by atoms with Crippen LogP contribution in [0.5, 0.6) is 0 Å².